The molecule has 2 N–H and O–H groups in total. The summed E-state index contributed by atoms with van der Waals surface area (Å²) in [6, 6.07) is 3.31. The number of benzene rings is 1. The van der Waals surface area contributed by atoms with E-state index in [1.54, 1.807) is 0 Å². The van der Waals surface area contributed by atoms with Crippen molar-refractivity contribution in [3.05, 3.63) is 35.4 Å². The van der Waals surface area contributed by atoms with Gasteiger partial charge in [-0.15, -0.1) is 0 Å². The molecular formula is C17H26F2N4O2S. The highest BCUT2D eigenvalue weighted by Gasteiger charge is 2.24. The van der Waals surface area contributed by atoms with Crippen molar-refractivity contribution in [3.63, 3.8) is 0 Å². The van der Waals surface area contributed by atoms with Crippen LogP contribution in [0, 0.1) is 17.6 Å². The lowest BCUT2D eigenvalue weighted by Gasteiger charge is -2.30. The minimum Gasteiger partial charge on any atom is -0.357 e. The Labute approximate surface area is 153 Å². The monoisotopic (exact) mass is 388 g/mol. The first-order chi connectivity index (χ1) is 12.3. The Kier molecular flexibility index (Phi) is 7.33. The van der Waals surface area contributed by atoms with E-state index in [0.717, 1.165) is 31.0 Å². The first-order valence-corrected chi connectivity index (χ1v) is 10.6. The number of hydrogen-bond acceptors (Lipinski definition) is 3. The molecule has 0 atom stereocenters. The third-order valence-electron chi connectivity index (χ3n) is 4.36. The van der Waals surface area contributed by atoms with Gasteiger partial charge in [-0.3, -0.25) is 0 Å². The van der Waals surface area contributed by atoms with Crippen molar-refractivity contribution in [1.29, 1.82) is 0 Å². The molecule has 2 rings (SSSR count). The molecule has 6 nitrogen and oxygen atoms in total. The van der Waals surface area contributed by atoms with Gasteiger partial charge in [-0.05, 0) is 43.9 Å². The highest BCUT2D eigenvalue weighted by Crippen LogP contribution is 2.18. The summed E-state index contributed by atoms with van der Waals surface area (Å²) in [7, 11) is -3.13. The van der Waals surface area contributed by atoms with Gasteiger partial charge < -0.3 is 10.6 Å². The van der Waals surface area contributed by atoms with Crippen LogP contribution >= 0.6 is 0 Å². The normalized spacial score (nSPS) is 17.3. The highest BCUT2D eigenvalue weighted by atomic mass is 32.2. The minimum absolute atomic E-state index is 0.0332. The molecule has 0 saturated carbocycles. The molecule has 1 fully saturated rings. The molecular weight excluding hydrogens is 362 g/mol. The smallest absolute Gasteiger partial charge is 0.211 e. The SMILES string of the molecule is CCNC(=NCc1cc(F)ccc1F)NCC1CCN(S(C)(=O)=O)CC1. The standard InChI is InChI=1S/C17H26F2N4O2S/c1-3-20-17(22-12-14-10-15(18)4-5-16(14)19)21-11-13-6-8-23(9-7-13)26(2,24)25/h4-5,10,13H,3,6-9,11-12H2,1-2H3,(H2,20,21,22). The molecule has 0 unspecified atom stereocenters. The molecule has 146 valence electrons. The molecule has 1 aliphatic rings. The summed E-state index contributed by atoms with van der Waals surface area (Å²) >= 11 is 0. The van der Waals surface area contributed by atoms with E-state index in [9.17, 15) is 17.2 Å². The second-order valence-electron chi connectivity index (χ2n) is 6.42. The molecule has 26 heavy (non-hydrogen) atoms. The summed E-state index contributed by atoms with van der Waals surface area (Å²) in [6.07, 6.45) is 2.78. The number of nitrogens with zero attached hydrogens (tertiary/aromatic N) is 2. The fraction of sp³-hybridized carbons (Fsp3) is 0.588. The van der Waals surface area contributed by atoms with Gasteiger partial charge in [0.05, 0.1) is 12.8 Å². The Morgan fingerprint density at radius 2 is 1.96 bits per heavy atom. The molecule has 0 spiro atoms. The average molecular weight is 388 g/mol. The molecule has 0 aromatic heterocycles. The number of rotatable bonds is 6. The van der Waals surface area contributed by atoms with Crippen LogP contribution in [0.25, 0.3) is 0 Å². The number of nitrogens with one attached hydrogen (secondary N) is 2. The Bertz CT molecular complexity index is 732. The van der Waals surface area contributed by atoms with Crippen molar-refractivity contribution < 1.29 is 17.2 Å². The Morgan fingerprint density at radius 1 is 1.27 bits per heavy atom. The van der Waals surface area contributed by atoms with Crippen molar-refractivity contribution >= 4 is 16.0 Å². The van der Waals surface area contributed by atoms with E-state index < -0.39 is 21.7 Å². The van der Waals surface area contributed by atoms with Crippen LogP contribution in [0.3, 0.4) is 0 Å². The fourth-order valence-corrected chi connectivity index (χ4v) is 3.73. The maximum atomic E-state index is 13.7. The van der Waals surface area contributed by atoms with Gasteiger partial charge in [0, 0.05) is 31.7 Å². The van der Waals surface area contributed by atoms with E-state index in [-0.39, 0.29) is 12.1 Å². The number of halogens is 2. The summed E-state index contributed by atoms with van der Waals surface area (Å²) in [5, 5.41) is 6.28. The lowest BCUT2D eigenvalue weighted by atomic mass is 9.98. The molecule has 1 heterocycles. The predicted octanol–water partition coefficient (Wildman–Crippen LogP) is 1.69. The van der Waals surface area contributed by atoms with Crippen molar-refractivity contribution in [3.8, 4) is 0 Å². The molecule has 0 aliphatic carbocycles. The van der Waals surface area contributed by atoms with E-state index >= 15 is 0 Å². The Balaban J connectivity index is 1.89. The number of hydrogen-bond donors (Lipinski definition) is 2. The zero-order valence-corrected chi connectivity index (χ0v) is 16.0. The molecule has 0 bridgehead atoms. The van der Waals surface area contributed by atoms with Gasteiger partial charge in [-0.2, -0.15) is 0 Å². The van der Waals surface area contributed by atoms with Gasteiger partial charge in [0.1, 0.15) is 11.6 Å². The fourth-order valence-electron chi connectivity index (χ4n) is 2.86. The molecule has 1 aliphatic heterocycles. The van der Waals surface area contributed by atoms with E-state index in [1.807, 2.05) is 6.92 Å². The summed E-state index contributed by atoms with van der Waals surface area (Å²) in [5.41, 5.74) is 0.198. The van der Waals surface area contributed by atoms with Crippen LogP contribution in [0.4, 0.5) is 8.78 Å². The van der Waals surface area contributed by atoms with Crippen molar-refractivity contribution in [1.82, 2.24) is 14.9 Å². The van der Waals surface area contributed by atoms with Crippen LogP contribution in [-0.4, -0.2) is 51.1 Å². The third kappa shape index (κ3) is 6.21. The van der Waals surface area contributed by atoms with Gasteiger partial charge >= 0.3 is 0 Å². The van der Waals surface area contributed by atoms with Gasteiger partial charge in [0.25, 0.3) is 0 Å². The molecule has 9 heteroatoms. The lowest BCUT2D eigenvalue weighted by molar-refractivity contribution is 0.275. The molecule has 1 aromatic rings. The van der Waals surface area contributed by atoms with Crippen LogP contribution in [-0.2, 0) is 16.6 Å². The maximum absolute atomic E-state index is 13.7. The van der Waals surface area contributed by atoms with Crippen LogP contribution in [0.2, 0.25) is 0 Å². The number of aliphatic imine (C=N–C) groups is 1. The predicted molar refractivity (Wildman–Crippen MR) is 98.3 cm³/mol. The van der Waals surface area contributed by atoms with Gasteiger partial charge in [0.15, 0.2) is 5.96 Å². The van der Waals surface area contributed by atoms with E-state index in [1.165, 1.54) is 10.6 Å². The van der Waals surface area contributed by atoms with Crippen LogP contribution in [0.1, 0.15) is 25.3 Å². The molecule has 0 amide bonds. The first kappa shape index (κ1) is 20.6. The summed E-state index contributed by atoms with van der Waals surface area (Å²) in [5.74, 6) is -0.115. The van der Waals surface area contributed by atoms with E-state index in [4.69, 9.17) is 0 Å². The molecule has 1 saturated heterocycles. The van der Waals surface area contributed by atoms with Crippen LogP contribution < -0.4 is 10.6 Å². The third-order valence-corrected chi connectivity index (χ3v) is 5.66. The zero-order valence-electron chi connectivity index (χ0n) is 15.1. The maximum Gasteiger partial charge on any atom is 0.211 e. The zero-order chi connectivity index (χ0) is 19.2. The van der Waals surface area contributed by atoms with Crippen molar-refractivity contribution in [2.45, 2.75) is 26.3 Å². The van der Waals surface area contributed by atoms with E-state index in [0.29, 0.717) is 38.1 Å². The molecule has 0 radical (unpaired) electrons. The molecule has 1 aromatic carbocycles. The Morgan fingerprint density at radius 3 is 2.58 bits per heavy atom. The van der Waals surface area contributed by atoms with Crippen molar-refractivity contribution in [2.24, 2.45) is 10.9 Å². The Hall–Kier alpha value is -1.74. The average Bonchev–Trinajstić information content (AvgIpc) is 2.59. The first-order valence-electron chi connectivity index (χ1n) is 8.70. The second kappa shape index (κ2) is 9.27. The van der Waals surface area contributed by atoms with Gasteiger partial charge in [-0.25, -0.2) is 26.5 Å². The number of guanidine groups is 1. The topological polar surface area (TPSA) is 73.8 Å². The van der Waals surface area contributed by atoms with Crippen LogP contribution in [0.15, 0.2) is 23.2 Å². The van der Waals surface area contributed by atoms with Crippen LogP contribution in [0.5, 0.6) is 0 Å². The number of sulfonamides is 1. The summed E-state index contributed by atoms with van der Waals surface area (Å²) in [6.45, 7) is 4.29. The largest absolute Gasteiger partial charge is 0.357 e. The van der Waals surface area contributed by atoms with Gasteiger partial charge in [-0.1, -0.05) is 0 Å². The summed E-state index contributed by atoms with van der Waals surface area (Å²) < 4.78 is 51.5. The van der Waals surface area contributed by atoms with E-state index in [2.05, 4.69) is 15.6 Å². The quantitative estimate of drug-likeness (QED) is 0.575. The lowest BCUT2D eigenvalue weighted by Crippen LogP contribution is -2.44. The summed E-state index contributed by atoms with van der Waals surface area (Å²) in [4.78, 5) is 4.31. The van der Waals surface area contributed by atoms with Gasteiger partial charge in [0.2, 0.25) is 10.0 Å². The number of piperidine rings is 1. The minimum atomic E-state index is -3.13. The van der Waals surface area contributed by atoms with Crippen molar-refractivity contribution in [2.75, 3.05) is 32.4 Å². The second-order valence-corrected chi connectivity index (χ2v) is 8.40. The highest BCUT2D eigenvalue weighted by molar-refractivity contribution is 7.88.